The smallest absolute Gasteiger partial charge is 0.277 e. The quantitative estimate of drug-likeness (QED) is 0.696. The van der Waals surface area contributed by atoms with Crippen LogP contribution >= 0.6 is 11.3 Å². The SMILES string of the molecule is CCCn1nc(C(=O)Nc2nc(-c3ccc(C(C)(C)C)cc3)cs2)ccc1=O. The summed E-state index contributed by atoms with van der Waals surface area (Å²) in [6, 6.07) is 11.1. The van der Waals surface area contributed by atoms with Gasteiger partial charge in [0.05, 0.1) is 5.69 Å². The molecule has 1 amide bonds. The van der Waals surface area contributed by atoms with Crippen LogP contribution in [-0.4, -0.2) is 20.7 Å². The van der Waals surface area contributed by atoms with Crippen molar-refractivity contribution in [3.63, 3.8) is 0 Å². The van der Waals surface area contributed by atoms with Crippen LogP contribution in [0.2, 0.25) is 0 Å². The molecule has 3 rings (SSSR count). The third-order valence-corrected chi connectivity index (χ3v) is 5.06. The van der Waals surface area contributed by atoms with Gasteiger partial charge in [0, 0.05) is 23.6 Å². The summed E-state index contributed by atoms with van der Waals surface area (Å²) in [7, 11) is 0. The highest BCUT2D eigenvalue weighted by molar-refractivity contribution is 7.14. The number of hydrogen-bond donors (Lipinski definition) is 1. The fourth-order valence-electron chi connectivity index (χ4n) is 2.71. The van der Waals surface area contributed by atoms with Gasteiger partial charge in [-0.05, 0) is 23.5 Å². The van der Waals surface area contributed by atoms with Gasteiger partial charge in [0.25, 0.3) is 11.5 Å². The Labute approximate surface area is 168 Å². The van der Waals surface area contributed by atoms with Gasteiger partial charge in [0.15, 0.2) is 5.13 Å². The average molecular weight is 397 g/mol. The van der Waals surface area contributed by atoms with Crippen LogP contribution < -0.4 is 10.9 Å². The lowest BCUT2D eigenvalue weighted by Gasteiger charge is -2.18. The summed E-state index contributed by atoms with van der Waals surface area (Å²) in [5.74, 6) is -0.381. The maximum atomic E-state index is 12.5. The molecule has 2 heterocycles. The summed E-state index contributed by atoms with van der Waals surface area (Å²) in [6.45, 7) is 8.96. The van der Waals surface area contributed by atoms with Gasteiger partial charge in [0.1, 0.15) is 5.69 Å². The Morgan fingerprint density at radius 2 is 1.86 bits per heavy atom. The molecule has 0 aliphatic carbocycles. The summed E-state index contributed by atoms with van der Waals surface area (Å²) >= 11 is 1.36. The van der Waals surface area contributed by atoms with E-state index in [2.05, 4.69) is 48.3 Å². The number of amides is 1. The number of thiazole rings is 1. The molecule has 1 N–H and O–H groups in total. The summed E-state index contributed by atoms with van der Waals surface area (Å²) in [5, 5.41) is 9.29. The monoisotopic (exact) mass is 396 g/mol. The van der Waals surface area contributed by atoms with Crippen molar-refractivity contribution in [1.29, 1.82) is 0 Å². The van der Waals surface area contributed by atoms with E-state index in [4.69, 9.17) is 0 Å². The summed E-state index contributed by atoms with van der Waals surface area (Å²) < 4.78 is 1.30. The van der Waals surface area contributed by atoms with Crippen molar-refractivity contribution in [3.05, 3.63) is 63.4 Å². The number of nitrogens with zero attached hydrogens (tertiary/aromatic N) is 3. The van der Waals surface area contributed by atoms with Gasteiger partial charge in [-0.1, -0.05) is 52.0 Å². The molecule has 6 nitrogen and oxygen atoms in total. The van der Waals surface area contributed by atoms with Crippen LogP contribution in [0, 0.1) is 0 Å². The number of carbonyl (C=O) groups excluding carboxylic acids is 1. The molecule has 0 saturated carbocycles. The zero-order valence-corrected chi connectivity index (χ0v) is 17.3. The van der Waals surface area contributed by atoms with E-state index in [0.29, 0.717) is 11.7 Å². The van der Waals surface area contributed by atoms with Crippen LogP contribution in [-0.2, 0) is 12.0 Å². The molecule has 146 valence electrons. The number of anilines is 1. The second-order valence-corrected chi connectivity index (χ2v) is 8.46. The minimum Gasteiger partial charge on any atom is -0.296 e. The topological polar surface area (TPSA) is 76.9 Å². The number of aryl methyl sites for hydroxylation is 1. The molecule has 0 aliphatic rings. The van der Waals surface area contributed by atoms with Crippen molar-refractivity contribution in [1.82, 2.24) is 14.8 Å². The third-order valence-electron chi connectivity index (χ3n) is 4.31. The first-order valence-electron chi connectivity index (χ1n) is 9.24. The Balaban J connectivity index is 1.75. The summed E-state index contributed by atoms with van der Waals surface area (Å²) in [4.78, 5) is 28.7. The molecule has 0 atom stereocenters. The highest BCUT2D eigenvalue weighted by atomic mass is 32.1. The predicted octanol–water partition coefficient (Wildman–Crippen LogP) is 4.33. The van der Waals surface area contributed by atoms with Gasteiger partial charge in [-0.3, -0.25) is 14.9 Å². The largest absolute Gasteiger partial charge is 0.296 e. The highest BCUT2D eigenvalue weighted by Gasteiger charge is 2.15. The van der Waals surface area contributed by atoms with E-state index in [1.165, 1.54) is 33.7 Å². The number of carbonyl (C=O) groups is 1. The van der Waals surface area contributed by atoms with Crippen LogP contribution in [0.25, 0.3) is 11.3 Å². The number of aromatic nitrogens is 3. The first-order valence-corrected chi connectivity index (χ1v) is 10.1. The lowest BCUT2D eigenvalue weighted by molar-refractivity contribution is 0.101. The van der Waals surface area contributed by atoms with Crippen molar-refractivity contribution >= 4 is 22.4 Å². The van der Waals surface area contributed by atoms with E-state index >= 15 is 0 Å². The van der Waals surface area contributed by atoms with Crippen molar-refractivity contribution in [3.8, 4) is 11.3 Å². The Morgan fingerprint density at radius 3 is 2.50 bits per heavy atom. The first kappa shape index (κ1) is 19.9. The predicted molar refractivity (Wildman–Crippen MR) is 113 cm³/mol. The van der Waals surface area contributed by atoms with Gasteiger partial charge >= 0.3 is 0 Å². The van der Waals surface area contributed by atoms with Crippen LogP contribution in [0.3, 0.4) is 0 Å². The molecule has 0 aliphatic heterocycles. The van der Waals surface area contributed by atoms with Gasteiger partial charge < -0.3 is 0 Å². The molecule has 0 fully saturated rings. The second-order valence-electron chi connectivity index (χ2n) is 7.60. The minimum atomic E-state index is -0.381. The van der Waals surface area contributed by atoms with Crippen LogP contribution in [0.5, 0.6) is 0 Å². The molecule has 0 radical (unpaired) electrons. The van der Waals surface area contributed by atoms with Crippen LogP contribution in [0.15, 0.2) is 46.6 Å². The molecule has 2 aromatic heterocycles. The lowest BCUT2D eigenvalue weighted by atomic mass is 9.86. The van der Waals surface area contributed by atoms with Crippen LogP contribution in [0.4, 0.5) is 5.13 Å². The molecule has 1 aromatic carbocycles. The van der Waals surface area contributed by atoms with Crippen molar-refractivity contribution < 1.29 is 4.79 Å². The Hall–Kier alpha value is -2.80. The fraction of sp³-hybridized carbons (Fsp3) is 0.333. The zero-order valence-electron chi connectivity index (χ0n) is 16.5. The van der Waals surface area contributed by atoms with Crippen molar-refractivity contribution in [2.45, 2.75) is 46.1 Å². The molecule has 7 heteroatoms. The number of benzene rings is 1. The maximum Gasteiger partial charge on any atom is 0.277 e. The standard InChI is InChI=1S/C21H24N4O2S/c1-5-12-25-18(26)11-10-16(24-25)19(27)23-20-22-17(13-28-20)14-6-8-15(9-7-14)21(2,3)4/h6-11,13H,5,12H2,1-4H3,(H,22,23,27). The van der Waals surface area contributed by atoms with Crippen molar-refractivity contribution in [2.24, 2.45) is 0 Å². The van der Waals surface area contributed by atoms with Crippen LogP contribution in [0.1, 0.15) is 50.2 Å². The Bertz CT molecular complexity index is 1030. The second kappa shape index (κ2) is 8.06. The maximum absolute atomic E-state index is 12.5. The Morgan fingerprint density at radius 1 is 1.14 bits per heavy atom. The number of hydrogen-bond acceptors (Lipinski definition) is 5. The minimum absolute atomic E-state index is 0.0982. The van der Waals surface area contributed by atoms with Crippen molar-refractivity contribution in [2.75, 3.05) is 5.32 Å². The average Bonchev–Trinajstić information content (AvgIpc) is 3.11. The summed E-state index contributed by atoms with van der Waals surface area (Å²) in [6.07, 6.45) is 0.766. The van der Waals surface area contributed by atoms with Gasteiger partial charge in [0.2, 0.25) is 0 Å². The molecular weight excluding hydrogens is 372 g/mol. The first-order chi connectivity index (χ1) is 13.3. The molecule has 28 heavy (non-hydrogen) atoms. The lowest BCUT2D eigenvalue weighted by Crippen LogP contribution is -2.26. The molecule has 0 unspecified atom stereocenters. The van der Waals surface area contributed by atoms with E-state index in [1.807, 2.05) is 24.4 Å². The molecule has 0 bridgehead atoms. The highest BCUT2D eigenvalue weighted by Crippen LogP contribution is 2.28. The normalized spacial score (nSPS) is 11.4. The molecule has 0 saturated heterocycles. The van der Waals surface area contributed by atoms with E-state index in [9.17, 15) is 9.59 Å². The van der Waals surface area contributed by atoms with E-state index in [1.54, 1.807) is 0 Å². The number of rotatable bonds is 5. The van der Waals surface area contributed by atoms with Gasteiger partial charge in [-0.2, -0.15) is 5.10 Å². The number of nitrogens with one attached hydrogen (secondary N) is 1. The van der Waals surface area contributed by atoms with E-state index in [0.717, 1.165) is 17.7 Å². The molecular formula is C21H24N4O2S. The fourth-order valence-corrected chi connectivity index (χ4v) is 3.42. The van der Waals surface area contributed by atoms with Gasteiger partial charge in [-0.25, -0.2) is 9.67 Å². The summed E-state index contributed by atoms with van der Waals surface area (Å²) in [5.41, 5.74) is 3.14. The molecule has 0 spiro atoms. The Kier molecular flexibility index (Phi) is 5.74. The van der Waals surface area contributed by atoms with E-state index < -0.39 is 0 Å². The van der Waals surface area contributed by atoms with Gasteiger partial charge in [-0.15, -0.1) is 11.3 Å². The molecule has 3 aromatic rings. The zero-order chi connectivity index (χ0) is 20.3. The third kappa shape index (κ3) is 4.54. The van der Waals surface area contributed by atoms with E-state index in [-0.39, 0.29) is 22.6 Å².